The fraction of sp³-hybridized carbons (Fsp3) is 0. The van der Waals surface area contributed by atoms with E-state index in [2.05, 4.69) is 9.97 Å². The summed E-state index contributed by atoms with van der Waals surface area (Å²) < 4.78 is 138. The molecule has 22 heteroatoms. The van der Waals surface area contributed by atoms with Crippen LogP contribution >= 0.6 is 0 Å². The third-order valence-corrected chi connectivity index (χ3v) is 15.5. The van der Waals surface area contributed by atoms with Gasteiger partial charge in [0.15, 0.2) is 11.5 Å². The van der Waals surface area contributed by atoms with Gasteiger partial charge >= 0.3 is 20.2 Å². The number of nitrogens with zero attached hydrogens (tertiary/aromatic N) is 4. The van der Waals surface area contributed by atoms with Crippen LogP contribution in [-0.4, -0.2) is 61.5 Å². The predicted molar refractivity (Wildman–Crippen MR) is 205 cm³/mol. The Labute approximate surface area is 319 Å². The topological polar surface area (TPSA) is 264 Å². The highest BCUT2D eigenvalue weighted by Gasteiger charge is 2.40. The summed E-state index contributed by atoms with van der Waals surface area (Å²) in [6, 6.07) is 11.7. The number of imidazole rings is 2. The molecule has 2 N–H and O–H groups in total. The van der Waals surface area contributed by atoms with Gasteiger partial charge in [-0.25, -0.2) is 9.97 Å². The van der Waals surface area contributed by atoms with E-state index in [-0.39, 0.29) is 119 Å². The van der Waals surface area contributed by atoms with Gasteiger partial charge in [0, 0.05) is 53.9 Å². The molecule has 18 nitrogen and oxygen atoms in total. The highest BCUT2D eigenvalue weighted by molar-refractivity contribution is 7.88. The van der Waals surface area contributed by atoms with E-state index in [4.69, 9.17) is 8.37 Å². The quantitative estimate of drug-likeness (QED) is 0.108. The summed E-state index contributed by atoms with van der Waals surface area (Å²) in [7, 11) is -19.0. The summed E-state index contributed by atoms with van der Waals surface area (Å²) in [4.78, 5) is 36.4. The van der Waals surface area contributed by atoms with E-state index in [1.165, 1.54) is 36.4 Å². The minimum atomic E-state index is -4.77. The molecule has 0 amide bonds. The van der Waals surface area contributed by atoms with Crippen molar-refractivity contribution in [3.63, 3.8) is 0 Å². The maximum absolute atomic E-state index is 14.5. The molecule has 7 aromatic carbocycles. The molecule has 2 aliphatic heterocycles. The minimum Gasteiger partial charge on any atom is -0.378 e. The Kier molecular flexibility index (Phi) is 5.19. The van der Waals surface area contributed by atoms with Gasteiger partial charge < -0.3 is 8.37 Å². The zero-order chi connectivity index (χ0) is 40.1. The normalized spacial score (nSPS) is 16.3. The van der Waals surface area contributed by atoms with Crippen LogP contribution in [0, 0.1) is 0 Å². The highest BCUT2D eigenvalue weighted by atomic mass is 32.2. The van der Waals surface area contributed by atoms with Crippen molar-refractivity contribution >= 4 is 138 Å². The predicted octanol–water partition coefficient (Wildman–Crippen LogP) is 3.90. The van der Waals surface area contributed by atoms with Gasteiger partial charge in [-0.2, -0.15) is 33.7 Å². The number of aromatic nitrogens is 4. The molecule has 0 saturated carbocycles. The van der Waals surface area contributed by atoms with Gasteiger partial charge in [0.05, 0.1) is 42.6 Å². The fourth-order valence-corrected chi connectivity index (χ4v) is 12.5. The third-order valence-electron chi connectivity index (χ3n) is 11.3. The number of pyridine rings is 2. The van der Waals surface area contributed by atoms with E-state index in [0.29, 0.717) is 0 Å². The summed E-state index contributed by atoms with van der Waals surface area (Å²) in [5.41, 5.74) is -1.62. The standard InChI is InChI=1S/C36H12N4O14S4/c41-35-15-7-21-27-30-24(58(51,52)53-21)10-14-26-16(36(42)40-20-6-12(56(46,47)48)2-4-18(20)38-34(14)40)8-22-28(32(26)30)29-23(57(49,50)54-22)9-13(25(15)31(27)29)33-37-17-3-1-11(55(43,44)45)5-19(17)39(33)35/h1-10H,(H,43,44,45)(H,46,47,48). The molecule has 6 heterocycles. The lowest BCUT2D eigenvalue weighted by atomic mass is 9.85. The molecule has 13 rings (SSSR count). The van der Waals surface area contributed by atoms with E-state index in [9.17, 15) is 52.4 Å². The molecule has 0 aliphatic carbocycles. The molecule has 0 unspecified atom stereocenters. The van der Waals surface area contributed by atoms with E-state index >= 15 is 0 Å². The number of hydrogen-bond donors (Lipinski definition) is 2. The first-order chi connectivity index (χ1) is 27.3. The molecule has 11 aromatic rings. The van der Waals surface area contributed by atoms with Crippen molar-refractivity contribution in [2.24, 2.45) is 0 Å². The van der Waals surface area contributed by atoms with Crippen molar-refractivity contribution < 1.29 is 51.1 Å². The van der Waals surface area contributed by atoms with Crippen LogP contribution in [0.25, 0.3) is 98.0 Å². The maximum Gasteiger partial charge on any atom is 0.339 e. The number of hydrogen-bond acceptors (Lipinski definition) is 14. The van der Waals surface area contributed by atoms with Crippen LogP contribution in [-0.2, 0) is 40.5 Å². The zero-order valence-corrected chi connectivity index (χ0v) is 31.3. The Morgan fingerprint density at radius 3 is 1.28 bits per heavy atom. The highest BCUT2D eigenvalue weighted by Crippen LogP contribution is 2.57. The lowest BCUT2D eigenvalue weighted by Crippen LogP contribution is -2.21. The van der Waals surface area contributed by atoms with Gasteiger partial charge in [0.2, 0.25) is 0 Å². The third kappa shape index (κ3) is 3.52. The van der Waals surface area contributed by atoms with E-state index in [0.717, 1.165) is 33.1 Å². The van der Waals surface area contributed by atoms with Crippen LogP contribution in [0.15, 0.2) is 89.8 Å². The Morgan fingerprint density at radius 2 is 0.897 bits per heavy atom. The summed E-state index contributed by atoms with van der Waals surface area (Å²) in [6.07, 6.45) is 0. The van der Waals surface area contributed by atoms with Crippen molar-refractivity contribution in [1.82, 2.24) is 18.8 Å². The maximum atomic E-state index is 14.5. The smallest absolute Gasteiger partial charge is 0.339 e. The number of fused-ring (bicyclic) bond motifs is 8. The second-order valence-electron chi connectivity index (χ2n) is 14.2. The molecule has 0 atom stereocenters. The van der Waals surface area contributed by atoms with Gasteiger partial charge in [-0.1, -0.05) is 0 Å². The van der Waals surface area contributed by atoms with Gasteiger partial charge in [-0.15, -0.1) is 0 Å². The Balaban J connectivity index is 1.33. The minimum absolute atomic E-state index is 0.0403. The zero-order valence-electron chi connectivity index (χ0n) is 28.0. The first-order valence-corrected chi connectivity index (χ1v) is 22.4. The fourth-order valence-electron chi connectivity index (χ4n) is 9.15. The second kappa shape index (κ2) is 9.25. The number of benzene rings is 7. The molecule has 0 saturated heterocycles. The second-order valence-corrected chi connectivity index (χ2v) is 20.0. The first kappa shape index (κ1) is 32.5. The Morgan fingerprint density at radius 1 is 0.500 bits per heavy atom. The van der Waals surface area contributed by atoms with E-state index < -0.39 is 61.4 Å². The van der Waals surface area contributed by atoms with Crippen molar-refractivity contribution in [1.29, 1.82) is 0 Å². The summed E-state index contributed by atoms with van der Waals surface area (Å²) in [5, 5.41) is 0.836. The van der Waals surface area contributed by atoms with Crippen LogP contribution < -0.4 is 19.5 Å². The molecular formula is C36H12N4O14S4. The van der Waals surface area contributed by atoms with Crippen LogP contribution in [0.3, 0.4) is 0 Å². The first-order valence-electron chi connectivity index (χ1n) is 16.7. The monoisotopic (exact) mass is 852 g/mol. The summed E-state index contributed by atoms with van der Waals surface area (Å²) in [5.74, 6) is -0.670. The van der Waals surface area contributed by atoms with Crippen molar-refractivity contribution in [2.75, 3.05) is 0 Å². The molecule has 284 valence electrons. The van der Waals surface area contributed by atoms with Crippen LogP contribution in [0.5, 0.6) is 11.5 Å². The SMILES string of the molecule is O=c1c2cc3c4c5c(cc6c7c(cc8c(c9c(cc(c2c49)c2nc4ccc(S(=O)(=O)O)cc4n12)S(=O)(=O)O8)c57)c(=O)n1c2cc(S(=O)(=O)O)ccc2nc61)S(=O)(=O)O3. The summed E-state index contributed by atoms with van der Waals surface area (Å²) in [6.45, 7) is 0. The Hall–Kier alpha value is -6.56. The Bertz CT molecular complexity index is 4270. The van der Waals surface area contributed by atoms with Gasteiger partial charge in [-0.05, 0) is 60.7 Å². The van der Waals surface area contributed by atoms with Crippen molar-refractivity contribution in [3.8, 4) is 11.5 Å². The van der Waals surface area contributed by atoms with Gasteiger partial charge in [-0.3, -0.25) is 27.5 Å². The average molecular weight is 853 g/mol. The molecule has 4 aromatic heterocycles. The van der Waals surface area contributed by atoms with Gasteiger partial charge in [0.25, 0.3) is 31.4 Å². The van der Waals surface area contributed by atoms with Crippen LogP contribution in [0.2, 0.25) is 0 Å². The molecular weight excluding hydrogens is 841 g/mol. The average Bonchev–Trinajstić information content (AvgIpc) is 3.73. The van der Waals surface area contributed by atoms with Crippen LogP contribution in [0.4, 0.5) is 0 Å². The largest absolute Gasteiger partial charge is 0.378 e. The van der Waals surface area contributed by atoms with Crippen LogP contribution in [0.1, 0.15) is 0 Å². The lowest BCUT2D eigenvalue weighted by Gasteiger charge is -2.28. The van der Waals surface area contributed by atoms with Crippen molar-refractivity contribution in [2.45, 2.75) is 19.6 Å². The summed E-state index contributed by atoms with van der Waals surface area (Å²) >= 11 is 0. The molecule has 58 heavy (non-hydrogen) atoms. The number of rotatable bonds is 2. The lowest BCUT2D eigenvalue weighted by molar-refractivity contribution is 0.481. The molecule has 0 radical (unpaired) electrons. The van der Waals surface area contributed by atoms with Gasteiger partial charge in [0.1, 0.15) is 21.1 Å². The molecule has 0 fully saturated rings. The molecule has 0 spiro atoms. The van der Waals surface area contributed by atoms with Crippen molar-refractivity contribution in [3.05, 3.63) is 81.4 Å². The van der Waals surface area contributed by atoms with E-state index in [1.807, 2.05) is 0 Å². The van der Waals surface area contributed by atoms with E-state index in [1.54, 1.807) is 0 Å². The molecule has 2 aliphatic rings. The molecule has 0 bridgehead atoms.